The van der Waals surface area contributed by atoms with E-state index >= 15 is 0 Å². The lowest BCUT2D eigenvalue weighted by molar-refractivity contribution is -0.150. The van der Waals surface area contributed by atoms with Crippen LogP contribution in [0.1, 0.15) is 37.7 Å². The molecule has 3 aliphatic heterocycles. The van der Waals surface area contributed by atoms with E-state index in [1.165, 1.54) is 0 Å². The molecule has 0 saturated carbocycles. The van der Waals surface area contributed by atoms with E-state index in [9.17, 15) is 14.7 Å². The van der Waals surface area contributed by atoms with Crippen molar-refractivity contribution in [2.75, 3.05) is 18.4 Å². The molecule has 0 bridgehead atoms. The van der Waals surface area contributed by atoms with Gasteiger partial charge in [-0.15, -0.1) is 0 Å². The highest BCUT2D eigenvalue weighted by Crippen LogP contribution is 2.52. The third-order valence-electron chi connectivity index (χ3n) is 5.81. The maximum atomic E-state index is 12.4. The molecule has 3 N–H and O–H groups in total. The number of carboxylic acid groups (broad SMARTS) is 2. The van der Waals surface area contributed by atoms with Gasteiger partial charge in [0.2, 0.25) is 0 Å². The third kappa shape index (κ3) is 2.39. The van der Waals surface area contributed by atoms with Crippen molar-refractivity contribution in [2.45, 2.75) is 38.1 Å². The summed E-state index contributed by atoms with van der Waals surface area (Å²) >= 11 is 0. The normalized spacial score (nSPS) is 27.2. The van der Waals surface area contributed by atoms with Gasteiger partial charge in [-0.05, 0) is 31.7 Å². The molecule has 2 unspecified atom stereocenters. The summed E-state index contributed by atoms with van der Waals surface area (Å²) in [5, 5.41) is 22.8. The Kier molecular flexibility index (Phi) is 3.71. The maximum Gasteiger partial charge on any atom is 0.315 e. The fourth-order valence-electron chi connectivity index (χ4n) is 4.72. The Labute approximate surface area is 146 Å². The number of nitrogens with zero attached hydrogens (tertiary/aromatic N) is 1. The van der Waals surface area contributed by atoms with Gasteiger partial charge < -0.3 is 20.4 Å². The zero-order valence-corrected chi connectivity index (χ0v) is 14.0. The minimum atomic E-state index is -1.11. The van der Waals surface area contributed by atoms with Gasteiger partial charge in [-0.1, -0.05) is 18.2 Å². The predicted octanol–water partition coefficient (Wildman–Crippen LogP) is 2.63. The van der Waals surface area contributed by atoms with Crippen molar-refractivity contribution in [3.63, 3.8) is 0 Å². The Morgan fingerprint density at radius 3 is 2.80 bits per heavy atom. The van der Waals surface area contributed by atoms with Gasteiger partial charge in [0.1, 0.15) is 5.41 Å². The second kappa shape index (κ2) is 5.79. The van der Waals surface area contributed by atoms with Crippen molar-refractivity contribution in [2.24, 2.45) is 5.41 Å². The number of carbonyl (C=O) groups is 2. The Morgan fingerprint density at radius 1 is 1.24 bits per heavy atom. The Hall–Kier alpha value is -2.50. The van der Waals surface area contributed by atoms with Gasteiger partial charge in [0.05, 0.1) is 6.04 Å². The summed E-state index contributed by atoms with van der Waals surface area (Å²) in [5.74, 6) is -1.84. The van der Waals surface area contributed by atoms with E-state index in [1.807, 2.05) is 24.3 Å². The smallest absolute Gasteiger partial charge is 0.315 e. The first-order chi connectivity index (χ1) is 12.0. The Morgan fingerprint density at radius 2 is 2.04 bits per heavy atom. The average molecular weight is 342 g/mol. The fraction of sp³-hybridized carbons (Fsp3) is 0.474. The number of carboxylic acids is 2. The second-order valence-corrected chi connectivity index (χ2v) is 7.17. The number of hydrogen-bond acceptors (Lipinski definition) is 4. The van der Waals surface area contributed by atoms with E-state index in [-0.39, 0.29) is 18.9 Å². The summed E-state index contributed by atoms with van der Waals surface area (Å²) in [7, 11) is 0. The highest BCUT2D eigenvalue weighted by molar-refractivity contribution is 5.93. The number of nitrogens with one attached hydrogen (secondary N) is 1. The van der Waals surface area contributed by atoms with Gasteiger partial charge in [0.25, 0.3) is 0 Å². The van der Waals surface area contributed by atoms with Gasteiger partial charge in [0, 0.05) is 42.0 Å². The summed E-state index contributed by atoms with van der Waals surface area (Å²) in [6, 6.07) is 8.12. The van der Waals surface area contributed by atoms with Crippen LogP contribution in [0.2, 0.25) is 0 Å². The van der Waals surface area contributed by atoms with Gasteiger partial charge in [0.15, 0.2) is 0 Å². The highest BCUT2D eigenvalue weighted by Gasteiger charge is 2.51. The molecule has 25 heavy (non-hydrogen) atoms. The lowest BCUT2D eigenvalue weighted by Crippen LogP contribution is -2.50. The number of piperidine rings is 1. The molecule has 0 radical (unpaired) electrons. The number of rotatable bonds is 4. The molecule has 1 aromatic carbocycles. The number of benzene rings is 1. The van der Waals surface area contributed by atoms with Gasteiger partial charge >= 0.3 is 11.9 Å². The number of aliphatic carboxylic acids is 2. The number of para-hydroxylation sites is 1. The van der Waals surface area contributed by atoms with Crippen LogP contribution in [0, 0.1) is 5.41 Å². The molecule has 3 heterocycles. The highest BCUT2D eigenvalue weighted by atomic mass is 16.4. The van der Waals surface area contributed by atoms with Crippen molar-refractivity contribution < 1.29 is 19.8 Å². The van der Waals surface area contributed by atoms with E-state index in [0.29, 0.717) is 6.42 Å². The summed E-state index contributed by atoms with van der Waals surface area (Å²) in [4.78, 5) is 25.7. The molecule has 0 amide bonds. The molecule has 4 rings (SSSR count). The van der Waals surface area contributed by atoms with Crippen molar-refractivity contribution in [1.29, 1.82) is 0 Å². The first kappa shape index (κ1) is 16.0. The van der Waals surface area contributed by atoms with Crippen molar-refractivity contribution in [3.8, 4) is 0 Å². The molecular formula is C19H22N2O4. The van der Waals surface area contributed by atoms with Crippen LogP contribution in [-0.2, 0) is 9.59 Å². The summed E-state index contributed by atoms with van der Waals surface area (Å²) in [6.45, 7) is 1.66. The zero-order chi connectivity index (χ0) is 17.6. The number of anilines is 1. The van der Waals surface area contributed by atoms with Crippen LogP contribution < -0.4 is 5.32 Å². The van der Waals surface area contributed by atoms with Crippen LogP contribution >= 0.6 is 0 Å². The van der Waals surface area contributed by atoms with E-state index in [4.69, 9.17) is 5.11 Å². The van der Waals surface area contributed by atoms with Gasteiger partial charge in [-0.3, -0.25) is 9.59 Å². The topological polar surface area (TPSA) is 89.9 Å². The van der Waals surface area contributed by atoms with Crippen LogP contribution in [0.5, 0.6) is 0 Å². The molecule has 0 aliphatic carbocycles. The molecule has 132 valence electrons. The lowest BCUT2D eigenvalue weighted by atomic mass is 9.69. The molecule has 3 aliphatic rings. The minimum absolute atomic E-state index is 0.116. The zero-order valence-electron chi connectivity index (χ0n) is 14.0. The molecule has 0 aromatic heterocycles. The largest absolute Gasteiger partial charge is 0.481 e. The lowest BCUT2D eigenvalue weighted by Gasteiger charge is -2.48. The van der Waals surface area contributed by atoms with Crippen LogP contribution in [-0.4, -0.2) is 46.2 Å². The first-order valence-electron chi connectivity index (χ1n) is 8.84. The second-order valence-electron chi connectivity index (χ2n) is 7.17. The van der Waals surface area contributed by atoms with E-state index < -0.39 is 17.4 Å². The van der Waals surface area contributed by atoms with E-state index in [1.54, 1.807) is 0 Å². The van der Waals surface area contributed by atoms with Crippen molar-refractivity contribution in [1.82, 2.24) is 4.90 Å². The SMILES string of the molecule is O=C(O)CCC1(C(=O)O)CCCN2CCC3Nc4ccccc4C3=C21. The minimum Gasteiger partial charge on any atom is -0.481 e. The monoisotopic (exact) mass is 342 g/mol. The number of hydrogen-bond donors (Lipinski definition) is 3. The van der Waals surface area contributed by atoms with Gasteiger partial charge in [-0.2, -0.15) is 0 Å². The van der Waals surface area contributed by atoms with Crippen molar-refractivity contribution >= 4 is 23.2 Å². The molecule has 6 nitrogen and oxygen atoms in total. The molecule has 2 atom stereocenters. The molecule has 1 fully saturated rings. The molecule has 1 aromatic rings. The van der Waals surface area contributed by atoms with E-state index in [0.717, 1.165) is 48.5 Å². The molecular weight excluding hydrogens is 320 g/mol. The maximum absolute atomic E-state index is 12.4. The van der Waals surface area contributed by atoms with Crippen molar-refractivity contribution in [3.05, 3.63) is 35.5 Å². The quantitative estimate of drug-likeness (QED) is 0.779. The standard InChI is InChI=1S/C19H22N2O4/c22-15(23)6-9-19(18(24)25)8-3-10-21-11-7-14-16(17(19)21)12-4-1-2-5-13(12)20-14/h1-2,4-5,14,20H,3,6-11H2,(H,22,23)(H,24,25). The molecule has 1 saturated heterocycles. The van der Waals surface area contributed by atoms with Gasteiger partial charge in [-0.25, -0.2) is 0 Å². The Bertz CT molecular complexity index is 772. The first-order valence-corrected chi connectivity index (χ1v) is 8.84. The van der Waals surface area contributed by atoms with Crippen LogP contribution in [0.15, 0.2) is 30.0 Å². The fourth-order valence-corrected chi connectivity index (χ4v) is 4.72. The number of fused-ring (bicyclic) bond motifs is 4. The molecule has 6 heteroatoms. The van der Waals surface area contributed by atoms with Crippen LogP contribution in [0.4, 0.5) is 5.69 Å². The summed E-state index contributed by atoms with van der Waals surface area (Å²) in [5.41, 5.74) is 2.91. The summed E-state index contributed by atoms with van der Waals surface area (Å²) in [6.07, 6.45) is 2.23. The van der Waals surface area contributed by atoms with Crippen LogP contribution in [0.3, 0.4) is 0 Å². The Balaban J connectivity index is 1.90. The third-order valence-corrected chi connectivity index (χ3v) is 5.81. The van der Waals surface area contributed by atoms with E-state index in [2.05, 4.69) is 10.2 Å². The predicted molar refractivity (Wildman–Crippen MR) is 93.1 cm³/mol. The summed E-state index contributed by atoms with van der Waals surface area (Å²) < 4.78 is 0. The average Bonchev–Trinajstić information content (AvgIpc) is 2.98. The molecule has 0 spiro atoms. The van der Waals surface area contributed by atoms with Crippen LogP contribution in [0.25, 0.3) is 5.57 Å².